The molecule has 4 rings (SSSR count). The Morgan fingerprint density at radius 1 is 1.25 bits per heavy atom. The average molecular weight is 332 g/mol. The van der Waals surface area contributed by atoms with Crippen LogP contribution in [-0.4, -0.2) is 59.4 Å². The SMILES string of the molecule is Cc1nnc(N2CCC[C@]3(CN(C(=O)C4CC=CC4)CCO3)C2)o1. The molecule has 0 unspecified atom stereocenters. The van der Waals surface area contributed by atoms with E-state index in [2.05, 4.69) is 27.2 Å². The van der Waals surface area contributed by atoms with Gasteiger partial charge in [0.05, 0.1) is 19.7 Å². The molecule has 3 aliphatic rings. The summed E-state index contributed by atoms with van der Waals surface area (Å²) in [6, 6.07) is 0.554. The molecule has 0 N–H and O–H groups in total. The molecule has 1 atom stereocenters. The van der Waals surface area contributed by atoms with Gasteiger partial charge in [-0.25, -0.2) is 0 Å². The Bertz CT molecular complexity index is 632. The number of allylic oxidation sites excluding steroid dienone is 2. The molecule has 1 aliphatic carbocycles. The second-order valence-electron chi connectivity index (χ2n) is 7.06. The molecule has 24 heavy (non-hydrogen) atoms. The zero-order valence-corrected chi connectivity index (χ0v) is 14.1. The molecule has 130 valence electrons. The van der Waals surface area contributed by atoms with Gasteiger partial charge in [0.15, 0.2) is 0 Å². The lowest BCUT2D eigenvalue weighted by atomic mass is 9.90. The van der Waals surface area contributed by atoms with E-state index < -0.39 is 0 Å². The first kappa shape index (κ1) is 15.6. The van der Waals surface area contributed by atoms with Crippen molar-refractivity contribution in [1.29, 1.82) is 0 Å². The summed E-state index contributed by atoms with van der Waals surface area (Å²) in [5.74, 6) is 0.964. The van der Waals surface area contributed by atoms with Crippen molar-refractivity contribution in [3.05, 3.63) is 18.0 Å². The van der Waals surface area contributed by atoms with Crippen LogP contribution in [0.2, 0.25) is 0 Å². The number of amides is 1. The predicted octanol–water partition coefficient (Wildman–Crippen LogP) is 1.54. The maximum Gasteiger partial charge on any atom is 0.318 e. The minimum atomic E-state index is -0.319. The van der Waals surface area contributed by atoms with Crippen LogP contribution in [0.4, 0.5) is 6.01 Å². The van der Waals surface area contributed by atoms with Crippen molar-refractivity contribution in [2.45, 2.75) is 38.2 Å². The van der Waals surface area contributed by atoms with Crippen molar-refractivity contribution < 1.29 is 13.9 Å². The molecule has 0 bridgehead atoms. The van der Waals surface area contributed by atoms with Gasteiger partial charge in [-0.2, -0.15) is 0 Å². The van der Waals surface area contributed by atoms with E-state index in [1.54, 1.807) is 6.92 Å². The number of piperidine rings is 1. The van der Waals surface area contributed by atoms with Gasteiger partial charge in [-0.1, -0.05) is 17.3 Å². The fraction of sp³-hybridized carbons (Fsp3) is 0.706. The van der Waals surface area contributed by atoms with Crippen molar-refractivity contribution in [1.82, 2.24) is 15.1 Å². The van der Waals surface area contributed by atoms with E-state index in [1.807, 2.05) is 4.90 Å². The maximum absolute atomic E-state index is 12.8. The number of hydrogen-bond donors (Lipinski definition) is 0. The molecule has 2 saturated heterocycles. The molecule has 0 saturated carbocycles. The Morgan fingerprint density at radius 3 is 2.83 bits per heavy atom. The third-order valence-corrected chi connectivity index (χ3v) is 5.24. The standard InChI is InChI=1S/C17H24N4O3/c1-13-18-19-16(24-13)21-8-4-7-17(12-21)11-20(9-10-23-17)15(22)14-5-2-3-6-14/h2-3,14H,4-12H2,1H3/t17-/m0/s1. The van der Waals surface area contributed by atoms with E-state index in [0.717, 1.165) is 32.2 Å². The largest absolute Gasteiger partial charge is 0.408 e. The number of carbonyl (C=O) groups is 1. The lowest BCUT2D eigenvalue weighted by molar-refractivity contribution is -0.155. The van der Waals surface area contributed by atoms with E-state index >= 15 is 0 Å². The van der Waals surface area contributed by atoms with E-state index in [1.165, 1.54) is 0 Å². The van der Waals surface area contributed by atoms with Gasteiger partial charge in [-0.15, -0.1) is 5.10 Å². The van der Waals surface area contributed by atoms with Crippen LogP contribution in [0.3, 0.4) is 0 Å². The molecular formula is C17H24N4O3. The molecule has 7 heteroatoms. The van der Waals surface area contributed by atoms with Crippen molar-refractivity contribution >= 4 is 11.9 Å². The van der Waals surface area contributed by atoms with E-state index in [-0.39, 0.29) is 17.4 Å². The van der Waals surface area contributed by atoms with Gasteiger partial charge in [0, 0.05) is 25.9 Å². The highest BCUT2D eigenvalue weighted by Gasteiger charge is 2.43. The van der Waals surface area contributed by atoms with Crippen LogP contribution in [0, 0.1) is 12.8 Å². The molecule has 0 aromatic carbocycles. The third kappa shape index (κ3) is 2.92. The van der Waals surface area contributed by atoms with Crippen molar-refractivity contribution in [2.24, 2.45) is 5.92 Å². The molecule has 1 spiro atoms. The summed E-state index contributed by atoms with van der Waals surface area (Å²) in [6.45, 7) is 5.32. The number of aromatic nitrogens is 2. The molecule has 0 radical (unpaired) electrons. The average Bonchev–Trinajstić information content (AvgIpc) is 3.26. The number of nitrogens with zero attached hydrogens (tertiary/aromatic N) is 4. The highest BCUT2D eigenvalue weighted by atomic mass is 16.5. The Kier molecular flexibility index (Phi) is 4.04. The number of ether oxygens (including phenoxy) is 1. The summed E-state index contributed by atoms with van der Waals surface area (Å²) in [6.07, 6.45) is 7.92. The van der Waals surface area contributed by atoms with Crippen molar-refractivity contribution in [3.8, 4) is 0 Å². The fourth-order valence-electron chi connectivity index (χ4n) is 4.03. The lowest BCUT2D eigenvalue weighted by Gasteiger charge is -2.48. The van der Waals surface area contributed by atoms with E-state index in [9.17, 15) is 4.79 Å². The van der Waals surface area contributed by atoms with Crippen LogP contribution < -0.4 is 4.90 Å². The smallest absolute Gasteiger partial charge is 0.318 e. The summed E-state index contributed by atoms with van der Waals surface area (Å²) in [5, 5.41) is 8.05. The number of anilines is 1. The van der Waals surface area contributed by atoms with Crippen LogP contribution in [0.25, 0.3) is 0 Å². The molecule has 1 amide bonds. The summed E-state index contributed by atoms with van der Waals surface area (Å²) >= 11 is 0. The number of aryl methyl sites for hydroxylation is 1. The van der Waals surface area contributed by atoms with Gasteiger partial charge in [-0.05, 0) is 25.7 Å². The third-order valence-electron chi connectivity index (χ3n) is 5.24. The zero-order chi connectivity index (χ0) is 16.6. The first-order valence-electron chi connectivity index (χ1n) is 8.78. The van der Waals surface area contributed by atoms with Crippen LogP contribution in [0.1, 0.15) is 31.6 Å². The highest BCUT2D eigenvalue weighted by molar-refractivity contribution is 5.80. The second kappa shape index (κ2) is 6.20. The van der Waals surface area contributed by atoms with Crippen LogP contribution in [0.5, 0.6) is 0 Å². The highest BCUT2D eigenvalue weighted by Crippen LogP contribution is 2.32. The lowest BCUT2D eigenvalue weighted by Crippen LogP contribution is -2.61. The number of hydrogen-bond acceptors (Lipinski definition) is 6. The Balaban J connectivity index is 1.46. The summed E-state index contributed by atoms with van der Waals surface area (Å²) in [7, 11) is 0. The molecule has 3 heterocycles. The zero-order valence-electron chi connectivity index (χ0n) is 14.1. The summed E-state index contributed by atoms with van der Waals surface area (Å²) in [5.41, 5.74) is -0.319. The van der Waals surface area contributed by atoms with E-state index in [4.69, 9.17) is 9.15 Å². The van der Waals surface area contributed by atoms with Gasteiger partial charge in [0.25, 0.3) is 0 Å². The molecular weight excluding hydrogens is 308 g/mol. The van der Waals surface area contributed by atoms with Crippen molar-refractivity contribution in [2.75, 3.05) is 37.7 Å². The van der Waals surface area contributed by atoms with E-state index in [0.29, 0.717) is 38.1 Å². The molecule has 7 nitrogen and oxygen atoms in total. The molecule has 1 aromatic rings. The Morgan fingerprint density at radius 2 is 2.08 bits per heavy atom. The molecule has 2 fully saturated rings. The monoisotopic (exact) mass is 332 g/mol. The quantitative estimate of drug-likeness (QED) is 0.765. The second-order valence-corrected chi connectivity index (χ2v) is 7.06. The van der Waals surface area contributed by atoms with Gasteiger partial charge in [-0.3, -0.25) is 4.79 Å². The van der Waals surface area contributed by atoms with Gasteiger partial charge in [0.1, 0.15) is 5.60 Å². The number of rotatable bonds is 2. The van der Waals surface area contributed by atoms with Crippen LogP contribution in [-0.2, 0) is 9.53 Å². The minimum Gasteiger partial charge on any atom is -0.408 e. The topological polar surface area (TPSA) is 71.7 Å². The minimum absolute atomic E-state index is 0.124. The van der Waals surface area contributed by atoms with Crippen molar-refractivity contribution in [3.63, 3.8) is 0 Å². The number of carbonyl (C=O) groups excluding carboxylic acids is 1. The van der Waals surface area contributed by atoms with Crippen LogP contribution >= 0.6 is 0 Å². The first-order chi connectivity index (χ1) is 11.7. The van der Waals surface area contributed by atoms with Crippen LogP contribution in [0.15, 0.2) is 16.6 Å². The molecule has 2 aliphatic heterocycles. The normalized spacial score (nSPS) is 28.0. The maximum atomic E-state index is 12.8. The predicted molar refractivity (Wildman–Crippen MR) is 87.6 cm³/mol. The van der Waals surface area contributed by atoms with Gasteiger partial charge < -0.3 is 19.0 Å². The first-order valence-corrected chi connectivity index (χ1v) is 8.78. The summed E-state index contributed by atoms with van der Waals surface area (Å²) < 4.78 is 11.7. The number of morpholine rings is 1. The summed E-state index contributed by atoms with van der Waals surface area (Å²) in [4.78, 5) is 16.9. The Labute approximate surface area is 141 Å². The fourth-order valence-corrected chi connectivity index (χ4v) is 4.03. The van der Waals surface area contributed by atoms with Gasteiger partial charge >= 0.3 is 6.01 Å². The molecule has 1 aromatic heterocycles. The van der Waals surface area contributed by atoms with Gasteiger partial charge in [0.2, 0.25) is 11.8 Å². The Hall–Kier alpha value is -1.89.